The zero-order valence-corrected chi connectivity index (χ0v) is 13.3. The first-order valence-corrected chi connectivity index (χ1v) is 8.37. The van der Waals surface area contributed by atoms with Gasteiger partial charge in [0, 0.05) is 15.8 Å². The second-order valence-electron chi connectivity index (χ2n) is 4.34. The van der Waals surface area contributed by atoms with Crippen LogP contribution in [0.3, 0.4) is 0 Å². The Balaban J connectivity index is 2.27. The van der Waals surface area contributed by atoms with Crippen LogP contribution in [0.15, 0.2) is 51.8 Å². The molecule has 0 saturated carbocycles. The molecule has 0 aliphatic carbocycles. The molecular formula is C14H15BrN2O2S. The number of rotatable bonds is 4. The second-order valence-corrected chi connectivity index (χ2v) is 6.88. The Morgan fingerprint density at radius 1 is 1.15 bits per heavy atom. The number of nitrogens with one attached hydrogen (secondary N) is 1. The maximum atomic E-state index is 12.2. The lowest BCUT2D eigenvalue weighted by atomic mass is 10.2. The van der Waals surface area contributed by atoms with E-state index < -0.39 is 10.0 Å². The molecule has 0 amide bonds. The maximum absolute atomic E-state index is 12.2. The summed E-state index contributed by atoms with van der Waals surface area (Å²) in [4.78, 5) is 0.137. The van der Waals surface area contributed by atoms with Crippen LogP contribution in [0.5, 0.6) is 0 Å². The van der Waals surface area contributed by atoms with Crippen LogP contribution in [-0.4, -0.2) is 8.42 Å². The third-order valence-electron chi connectivity index (χ3n) is 2.89. The molecule has 0 aliphatic rings. The molecule has 2 aromatic carbocycles. The summed E-state index contributed by atoms with van der Waals surface area (Å²) in [5.41, 5.74) is 7.78. The van der Waals surface area contributed by atoms with Gasteiger partial charge in [-0.15, -0.1) is 0 Å². The summed E-state index contributed by atoms with van der Waals surface area (Å²) in [5.74, 6) is 0. The molecule has 0 heterocycles. The number of hydrogen-bond acceptors (Lipinski definition) is 3. The Morgan fingerprint density at radius 3 is 2.35 bits per heavy atom. The number of nitrogens with two attached hydrogens (primary N) is 1. The average molecular weight is 355 g/mol. The van der Waals surface area contributed by atoms with E-state index in [-0.39, 0.29) is 4.90 Å². The summed E-state index contributed by atoms with van der Waals surface area (Å²) < 4.78 is 27.7. The first-order chi connectivity index (χ1) is 9.42. The summed E-state index contributed by atoms with van der Waals surface area (Å²) >= 11 is 3.24. The van der Waals surface area contributed by atoms with E-state index in [9.17, 15) is 8.42 Å². The molecule has 0 saturated heterocycles. The first-order valence-electron chi connectivity index (χ1n) is 6.09. The Kier molecular flexibility index (Phi) is 4.35. The Labute approximate surface area is 127 Å². The molecule has 0 aliphatic heterocycles. The van der Waals surface area contributed by atoms with Crippen LogP contribution >= 0.6 is 15.9 Å². The van der Waals surface area contributed by atoms with Crippen molar-refractivity contribution >= 4 is 37.3 Å². The van der Waals surface area contributed by atoms with Crippen molar-refractivity contribution in [1.82, 2.24) is 0 Å². The second kappa shape index (κ2) is 5.85. The van der Waals surface area contributed by atoms with Crippen LogP contribution in [0, 0.1) is 0 Å². The van der Waals surface area contributed by atoms with Gasteiger partial charge in [0.05, 0.1) is 4.90 Å². The van der Waals surface area contributed by atoms with Gasteiger partial charge >= 0.3 is 0 Å². The molecule has 2 rings (SSSR count). The molecule has 0 fully saturated rings. The predicted octanol–water partition coefficient (Wildman–Crippen LogP) is 3.39. The van der Waals surface area contributed by atoms with E-state index in [1.165, 1.54) is 12.1 Å². The SMILES string of the molecule is CCc1ccc(NS(=O)(=O)c2ccc(Br)c(N)c2)cc1. The number of aryl methyl sites for hydroxylation is 1. The molecule has 4 nitrogen and oxygen atoms in total. The minimum Gasteiger partial charge on any atom is -0.398 e. The number of hydrogen-bond donors (Lipinski definition) is 2. The van der Waals surface area contributed by atoms with Gasteiger partial charge in [-0.2, -0.15) is 0 Å². The molecule has 0 bridgehead atoms. The van der Waals surface area contributed by atoms with Gasteiger partial charge in [0.1, 0.15) is 0 Å². The Bertz CT molecular complexity index is 712. The molecule has 0 spiro atoms. The van der Waals surface area contributed by atoms with Crippen molar-refractivity contribution in [2.24, 2.45) is 0 Å². The van der Waals surface area contributed by atoms with Crippen molar-refractivity contribution < 1.29 is 8.42 Å². The number of benzene rings is 2. The standard InChI is InChI=1S/C14H15BrN2O2S/c1-2-10-3-5-11(6-4-10)17-20(18,19)12-7-8-13(15)14(16)9-12/h3-9,17H,2,16H2,1H3. The molecule has 0 aromatic heterocycles. The molecule has 2 aromatic rings. The van der Waals surface area contributed by atoms with E-state index in [0.29, 0.717) is 15.8 Å². The largest absolute Gasteiger partial charge is 0.398 e. The van der Waals surface area contributed by atoms with E-state index in [2.05, 4.69) is 20.7 Å². The smallest absolute Gasteiger partial charge is 0.261 e. The quantitative estimate of drug-likeness (QED) is 0.826. The highest BCUT2D eigenvalue weighted by Crippen LogP contribution is 2.24. The molecule has 0 radical (unpaired) electrons. The molecule has 20 heavy (non-hydrogen) atoms. The van der Waals surface area contributed by atoms with Gasteiger partial charge in [-0.3, -0.25) is 4.72 Å². The number of anilines is 2. The van der Waals surface area contributed by atoms with Gasteiger partial charge < -0.3 is 5.73 Å². The van der Waals surface area contributed by atoms with Gasteiger partial charge in [0.25, 0.3) is 10.0 Å². The van der Waals surface area contributed by atoms with E-state index >= 15 is 0 Å². The lowest BCUT2D eigenvalue weighted by Gasteiger charge is -2.09. The fraction of sp³-hybridized carbons (Fsp3) is 0.143. The molecular weight excluding hydrogens is 340 g/mol. The third kappa shape index (κ3) is 3.32. The van der Waals surface area contributed by atoms with Crippen molar-refractivity contribution in [2.45, 2.75) is 18.2 Å². The van der Waals surface area contributed by atoms with Gasteiger partial charge in [-0.05, 0) is 58.2 Å². The van der Waals surface area contributed by atoms with Crippen LogP contribution in [0.2, 0.25) is 0 Å². The number of halogens is 1. The van der Waals surface area contributed by atoms with Crippen molar-refractivity contribution in [1.29, 1.82) is 0 Å². The van der Waals surface area contributed by atoms with E-state index in [1.54, 1.807) is 18.2 Å². The highest BCUT2D eigenvalue weighted by molar-refractivity contribution is 9.10. The summed E-state index contributed by atoms with van der Waals surface area (Å²) in [6, 6.07) is 11.8. The lowest BCUT2D eigenvalue weighted by Crippen LogP contribution is -2.13. The van der Waals surface area contributed by atoms with E-state index in [4.69, 9.17) is 5.73 Å². The van der Waals surface area contributed by atoms with Crippen molar-refractivity contribution in [3.63, 3.8) is 0 Å². The third-order valence-corrected chi connectivity index (χ3v) is 4.99. The van der Waals surface area contributed by atoms with Crippen molar-refractivity contribution in [2.75, 3.05) is 10.5 Å². The molecule has 0 unspecified atom stereocenters. The zero-order valence-electron chi connectivity index (χ0n) is 10.9. The normalized spacial score (nSPS) is 11.3. The van der Waals surface area contributed by atoms with Crippen molar-refractivity contribution in [3.8, 4) is 0 Å². The molecule has 6 heteroatoms. The average Bonchev–Trinajstić information content (AvgIpc) is 2.42. The molecule has 106 valence electrons. The summed E-state index contributed by atoms with van der Waals surface area (Å²) in [6.45, 7) is 2.05. The predicted molar refractivity (Wildman–Crippen MR) is 85.2 cm³/mol. The highest BCUT2D eigenvalue weighted by Gasteiger charge is 2.15. The topological polar surface area (TPSA) is 72.2 Å². The van der Waals surface area contributed by atoms with Gasteiger partial charge in [0.15, 0.2) is 0 Å². The monoisotopic (exact) mass is 354 g/mol. The minimum atomic E-state index is -3.62. The number of sulfonamides is 1. The summed E-state index contributed by atoms with van der Waals surface area (Å²) in [6.07, 6.45) is 0.913. The maximum Gasteiger partial charge on any atom is 0.261 e. The van der Waals surface area contributed by atoms with E-state index in [1.807, 2.05) is 19.1 Å². The fourth-order valence-electron chi connectivity index (χ4n) is 1.71. The zero-order chi connectivity index (χ0) is 14.8. The van der Waals surface area contributed by atoms with Gasteiger partial charge in [-0.1, -0.05) is 19.1 Å². The Hall–Kier alpha value is -1.53. The van der Waals surface area contributed by atoms with Crippen LogP contribution in [0.1, 0.15) is 12.5 Å². The van der Waals surface area contributed by atoms with Gasteiger partial charge in [-0.25, -0.2) is 8.42 Å². The molecule has 0 atom stereocenters. The lowest BCUT2D eigenvalue weighted by molar-refractivity contribution is 0.601. The minimum absolute atomic E-state index is 0.137. The summed E-state index contributed by atoms with van der Waals surface area (Å²) in [5, 5.41) is 0. The van der Waals surface area contributed by atoms with Crippen molar-refractivity contribution in [3.05, 3.63) is 52.5 Å². The van der Waals surface area contributed by atoms with Crippen LogP contribution < -0.4 is 10.5 Å². The highest BCUT2D eigenvalue weighted by atomic mass is 79.9. The van der Waals surface area contributed by atoms with E-state index in [0.717, 1.165) is 12.0 Å². The van der Waals surface area contributed by atoms with Gasteiger partial charge in [0.2, 0.25) is 0 Å². The van der Waals surface area contributed by atoms with Crippen LogP contribution in [-0.2, 0) is 16.4 Å². The molecule has 3 N–H and O–H groups in total. The number of nitrogen functional groups attached to an aromatic ring is 1. The Morgan fingerprint density at radius 2 is 1.80 bits per heavy atom. The van der Waals surface area contributed by atoms with Crippen LogP contribution in [0.4, 0.5) is 11.4 Å². The first kappa shape index (κ1) is 14.9. The fourth-order valence-corrected chi connectivity index (χ4v) is 3.05. The van der Waals surface area contributed by atoms with Crippen LogP contribution in [0.25, 0.3) is 0 Å². The summed E-state index contributed by atoms with van der Waals surface area (Å²) in [7, 11) is -3.62.